The van der Waals surface area contributed by atoms with Crippen LogP contribution in [0.4, 0.5) is 0 Å². The monoisotopic (exact) mass is 283 g/mol. The molecule has 2 rings (SSSR count). The van der Waals surface area contributed by atoms with Gasteiger partial charge in [0.15, 0.2) is 0 Å². The molecule has 0 aromatic heterocycles. The Labute approximate surface area is 105 Å². The van der Waals surface area contributed by atoms with Crippen LogP contribution in [-0.2, 0) is 0 Å². The highest BCUT2D eigenvalue weighted by Gasteiger charge is 2.57. The molecule has 1 aromatic rings. The number of rotatable bonds is 3. The minimum absolute atomic E-state index is 0.309. The van der Waals surface area contributed by atoms with E-state index in [1.807, 2.05) is 6.07 Å². The van der Waals surface area contributed by atoms with Crippen molar-refractivity contribution < 1.29 is 4.74 Å². The van der Waals surface area contributed by atoms with E-state index < -0.39 is 0 Å². The van der Waals surface area contributed by atoms with Gasteiger partial charge in [-0.15, -0.1) is 0 Å². The van der Waals surface area contributed by atoms with E-state index in [1.54, 1.807) is 7.11 Å². The summed E-state index contributed by atoms with van der Waals surface area (Å²) in [4.78, 5) is 0. The topological polar surface area (TPSA) is 35.2 Å². The number of halogens is 1. The number of ether oxygens (including phenoxy) is 1. The summed E-state index contributed by atoms with van der Waals surface area (Å²) in [6.07, 6.45) is 0. The molecule has 0 unspecified atom stereocenters. The van der Waals surface area contributed by atoms with E-state index in [2.05, 4.69) is 41.9 Å². The number of hydrogen-bond acceptors (Lipinski definition) is 2. The summed E-state index contributed by atoms with van der Waals surface area (Å²) in [5.74, 6) is 2.04. The summed E-state index contributed by atoms with van der Waals surface area (Å²) in [6.45, 7) is 5.31. The van der Waals surface area contributed by atoms with E-state index in [4.69, 9.17) is 10.5 Å². The van der Waals surface area contributed by atoms with E-state index in [1.165, 1.54) is 5.56 Å². The fourth-order valence-electron chi connectivity index (χ4n) is 2.69. The van der Waals surface area contributed by atoms with E-state index in [0.717, 1.165) is 16.8 Å². The second kappa shape index (κ2) is 4.04. The molecule has 0 heterocycles. The summed E-state index contributed by atoms with van der Waals surface area (Å²) < 4.78 is 6.43. The number of hydrogen-bond donors (Lipinski definition) is 1. The van der Waals surface area contributed by atoms with Crippen LogP contribution >= 0.6 is 15.9 Å². The zero-order valence-corrected chi connectivity index (χ0v) is 11.5. The summed E-state index contributed by atoms with van der Waals surface area (Å²) >= 11 is 3.61. The molecule has 0 aliphatic heterocycles. The zero-order chi connectivity index (χ0) is 11.9. The normalized spacial score (nSPS) is 26.6. The second-order valence-electron chi connectivity index (χ2n) is 5.03. The third kappa shape index (κ3) is 1.76. The Bertz CT molecular complexity index is 403. The van der Waals surface area contributed by atoms with Crippen LogP contribution in [0.15, 0.2) is 22.7 Å². The summed E-state index contributed by atoms with van der Waals surface area (Å²) in [6, 6.07) is 6.14. The van der Waals surface area contributed by atoms with Crippen molar-refractivity contribution in [2.24, 2.45) is 17.1 Å². The van der Waals surface area contributed by atoms with Gasteiger partial charge in [-0.3, -0.25) is 0 Å². The highest BCUT2D eigenvalue weighted by Crippen LogP contribution is 2.65. The smallest absolute Gasteiger partial charge is 0.119 e. The van der Waals surface area contributed by atoms with Crippen LogP contribution in [0, 0.1) is 11.3 Å². The van der Waals surface area contributed by atoms with E-state index in [-0.39, 0.29) is 0 Å². The molecule has 1 aliphatic carbocycles. The molecule has 2 nitrogen and oxygen atoms in total. The van der Waals surface area contributed by atoms with Crippen molar-refractivity contribution in [3.63, 3.8) is 0 Å². The number of methoxy groups -OCH3 is 1. The van der Waals surface area contributed by atoms with Crippen molar-refractivity contribution in [1.82, 2.24) is 0 Å². The van der Waals surface area contributed by atoms with Gasteiger partial charge in [-0.05, 0) is 47.6 Å². The minimum atomic E-state index is 0.309. The van der Waals surface area contributed by atoms with Gasteiger partial charge < -0.3 is 10.5 Å². The first-order chi connectivity index (χ1) is 7.52. The van der Waals surface area contributed by atoms with Crippen LogP contribution < -0.4 is 10.5 Å². The molecule has 1 aliphatic rings. The predicted molar refractivity (Wildman–Crippen MR) is 69.8 cm³/mol. The van der Waals surface area contributed by atoms with Crippen LogP contribution in [0.3, 0.4) is 0 Å². The lowest BCUT2D eigenvalue weighted by atomic mass is 10.0. The third-order valence-corrected chi connectivity index (χ3v) is 4.56. The maximum absolute atomic E-state index is 5.81. The van der Waals surface area contributed by atoms with Crippen molar-refractivity contribution in [1.29, 1.82) is 0 Å². The van der Waals surface area contributed by atoms with E-state index in [9.17, 15) is 0 Å². The van der Waals surface area contributed by atoms with Gasteiger partial charge in [0.05, 0.1) is 7.11 Å². The largest absolute Gasteiger partial charge is 0.497 e. The minimum Gasteiger partial charge on any atom is -0.497 e. The van der Waals surface area contributed by atoms with Crippen molar-refractivity contribution in [3.05, 3.63) is 28.2 Å². The molecule has 0 saturated heterocycles. The van der Waals surface area contributed by atoms with Crippen molar-refractivity contribution in [2.45, 2.75) is 19.8 Å². The van der Waals surface area contributed by atoms with E-state index in [0.29, 0.717) is 17.3 Å². The Morgan fingerprint density at radius 2 is 2.12 bits per heavy atom. The van der Waals surface area contributed by atoms with Gasteiger partial charge >= 0.3 is 0 Å². The Morgan fingerprint density at radius 1 is 1.44 bits per heavy atom. The lowest BCUT2D eigenvalue weighted by molar-refractivity contribution is 0.414. The molecule has 0 radical (unpaired) electrons. The van der Waals surface area contributed by atoms with Gasteiger partial charge in [0.25, 0.3) is 0 Å². The number of nitrogens with two attached hydrogens (primary N) is 1. The van der Waals surface area contributed by atoms with Crippen molar-refractivity contribution in [3.8, 4) is 5.75 Å². The molecule has 1 fully saturated rings. The quantitative estimate of drug-likeness (QED) is 0.925. The maximum Gasteiger partial charge on any atom is 0.119 e. The molecular formula is C13H18BrNO. The van der Waals surface area contributed by atoms with E-state index >= 15 is 0 Å². The van der Waals surface area contributed by atoms with Gasteiger partial charge in [0.1, 0.15) is 5.75 Å². The molecule has 2 atom stereocenters. The first-order valence-electron chi connectivity index (χ1n) is 5.56. The van der Waals surface area contributed by atoms with Gasteiger partial charge in [-0.25, -0.2) is 0 Å². The Morgan fingerprint density at radius 3 is 2.62 bits per heavy atom. The van der Waals surface area contributed by atoms with Crippen LogP contribution in [0.5, 0.6) is 5.75 Å². The van der Waals surface area contributed by atoms with Gasteiger partial charge in [-0.1, -0.05) is 29.8 Å². The highest BCUT2D eigenvalue weighted by atomic mass is 79.9. The Balaban J connectivity index is 2.35. The van der Waals surface area contributed by atoms with Gasteiger partial charge in [0.2, 0.25) is 0 Å². The summed E-state index contributed by atoms with van der Waals surface area (Å²) in [5, 5.41) is 0. The molecule has 2 N–H and O–H groups in total. The predicted octanol–water partition coefficient (Wildman–Crippen LogP) is 3.16. The standard InChI is InChI=1S/C13H18BrNO/c1-13(2)10(7-15)12(13)9-6-8(16-3)4-5-11(9)14/h4-6,10,12H,7,15H2,1-3H3/t10-,12-/m1/s1. The maximum atomic E-state index is 5.81. The van der Waals surface area contributed by atoms with Gasteiger partial charge in [0, 0.05) is 4.47 Å². The lowest BCUT2D eigenvalue weighted by Crippen LogP contribution is -2.05. The van der Waals surface area contributed by atoms with Crippen LogP contribution in [0.2, 0.25) is 0 Å². The SMILES string of the molecule is COc1ccc(Br)c([C@@H]2[C@@H](CN)C2(C)C)c1. The highest BCUT2D eigenvalue weighted by molar-refractivity contribution is 9.10. The molecule has 1 saturated carbocycles. The Kier molecular flexibility index (Phi) is 3.01. The molecule has 16 heavy (non-hydrogen) atoms. The van der Waals surface area contributed by atoms with Crippen molar-refractivity contribution >= 4 is 15.9 Å². The Hall–Kier alpha value is -0.540. The third-order valence-electron chi connectivity index (χ3n) is 3.84. The lowest BCUT2D eigenvalue weighted by Gasteiger charge is -2.08. The second-order valence-corrected chi connectivity index (χ2v) is 5.88. The van der Waals surface area contributed by atoms with Crippen LogP contribution in [0.25, 0.3) is 0 Å². The average molecular weight is 284 g/mol. The van der Waals surface area contributed by atoms with Crippen LogP contribution in [-0.4, -0.2) is 13.7 Å². The molecule has 88 valence electrons. The zero-order valence-electron chi connectivity index (χ0n) is 9.96. The first-order valence-corrected chi connectivity index (χ1v) is 6.35. The molecule has 0 bridgehead atoms. The average Bonchev–Trinajstić information content (AvgIpc) is 2.81. The molecule has 1 aromatic carbocycles. The number of benzene rings is 1. The molecular weight excluding hydrogens is 266 g/mol. The summed E-state index contributed by atoms with van der Waals surface area (Å²) in [7, 11) is 1.70. The van der Waals surface area contributed by atoms with Crippen LogP contribution in [0.1, 0.15) is 25.3 Å². The molecule has 0 spiro atoms. The molecule has 0 amide bonds. The summed E-state index contributed by atoms with van der Waals surface area (Å²) in [5.41, 5.74) is 7.44. The first kappa shape index (κ1) is 11.9. The fourth-order valence-corrected chi connectivity index (χ4v) is 3.18. The van der Waals surface area contributed by atoms with Gasteiger partial charge in [-0.2, -0.15) is 0 Å². The van der Waals surface area contributed by atoms with Crippen molar-refractivity contribution in [2.75, 3.05) is 13.7 Å². The molecule has 3 heteroatoms. The fraction of sp³-hybridized carbons (Fsp3) is 0.538.